The van der Waals surface area contributed by atoms with Crippen molar-refractivity contribution in [1.82, 2.24) is 14.5 Å². The van der Waals surface area contributed by atoms with Gasteiger partial charge in [0.2, 0.25) is 5.91 Å². The van der Waals surface area contributed by atoms with E-state index in [0.717, 1.165) is 16.9 Å². The number of primary amides is 1. The molecule has 2 amide bonds. The summed E-state index contributed by atoms with van der Waals surface area (Å²) in [5, 5.41) is 2.90. The predicted octanol–water partition coefficient (Wildman–Crippen LogP) is 1.61. The number of carbonyl (C=O) groups excluding carboxylic acids is 2. The van der Waals surface area contributed by atoms with Crippen molar-refractivity contribution < 1.29 is 19.1 Å². The van der Waals surface area contributed by atoms with Crippen molar-refractivity contribution in [3.05, 3.63) is 60.3 Å². The number of pyridine rings is 1. The molecule has 1 aliphatic rings. The molecule has 1 aromatic carbocycles. The third-order valence-electron chi connectivity index (χ3n) is 4.66. The largest absolute Gasteiger partial charge is 0.493 e. The van der Waals surface area contributed by atoms with Gasteiger partial charge in [0.05, 0.1) is 24.7 Å². The summed E-state index contributed by atoms with van der Waals surface area (Å²) in [5.41, 5.74) is 7.52. The Morgan fingerprint density at radius 2 is 2.21 bits per heavy atom. The second-order valence-electron chi connectivity index (χ2n) is 6.53. The Labute approximate surface area is 166 Å². The average molecular weight is 393 g/mol. The van der Waals surface area contributed by atoms with Gasteiger partial charge in [-0.3, -0.25) is 19.1 Å². The van der Waals surface area contributed by atoms with E-state index in [9.17, 15) is 9.59 Å². The quantitative estimate of drug-likeness (QED) is 0.656. The lowest BCUT2D eigenvalue weighted by Crippen LogP contribution is -2.25. The molecule has 0 spiro atoms. The van der Waals surface area contributed by atoms with Gasteiger partial charge in [0.15, 0.2) is 18.1 Å². The minimum Gasteiger partial charge on any atom is -0.493 e. The van der Waals surface area contributed by atoms with Gasteiger partial charge in [-0.2, -0.15) is 0 Å². The molecule has 1 aliphatic heterocycles. The molecular weight excluding hydrogens is 374 g/mol. The summed E-state index contributed by atoms with van der Waals surface area (Å²) >= 11 is 0. The number of fused-ring (bicyclic) bond motifs is 1. The molecule has 0 saturated heterocycles. The molecule has 1 atom stereocenters. The highest BCUT2D eigenvalue weighted by Gasteiger charge is 2.31. The monoisotopic (exact) mass is 393 g/mol. The Hall–Kier alpha value is -3.88. The molecule has 1 unspecified atom stereocenters. The highest BCUT2D eigenvalue weighted by atomic mass is 16.5. The first-order valence-electron chi connectivity index (χ1n) is 8.93. The Bertz CT molecular complexity index is 1060. The van der Waals surface area contributed by atoms with Crippen LogP contribution in [0, 0.1) is 0 Å². The second kappa shape index (κ2) is 7.63. The molecule has 2 aromatic heterocycles. The molecule has 148 valence electrons. The van der Waals surface area contributed by atoms with Crippen molar-refractivity contribution in [2.24, 2.45) is 5.73 Å². The first kappa shape index (κ1) is 18.5. The fourth-order valence-corrected chi connectivity index (χ4v) is 3.35. The number of nitrogens with zero attached hydrogens (tertiary/aromatic N) is 3. The summed E-state index contributed by atoms with van der Waals surface area (Å²) in [7, 11) is 1.51. The number of hydrogen-bond acceptors (Lipinski definition) is 6. The number of aromatic nitrogens is 3. The maximum atomic E-state index is 12.4. The van der Waals surface area contributed by atoms with Crippen molar-refractivity contribution >= 4 is 17.6 Å². The molecule has 0 radical (unpaired) electrons. The third-order valence-corrected chi connectivity index (χ3v) is 4.66. The zero-order chi connectivity index (χ0) is 20.4. The second-order valence-corrected chi connectivity index (χ2v) is 6.53. The SMILES string of the molecule is COc1ccc(C2CC(=O)Nc3c2ncn3-c2cccnc2)cc1OCC(N)=O. The van der Waals surface area contributed by atoms with Gasteiger partial charge in [-0.1, -0.05) is 6.07 Å². The first-order valence-corrected chi connectivity index (χ1v) is 8.93. The molecule has 0 bridgehead atoms. The Balaban J connectivity index is 1.74. The van der Waals surface area contributed by atoms with Gasteiger partial charge in [0, 0.05) is 18.5 Å². The highest BCUT2D eigenvalue weighted by Crippen LogP contribution is 2.40. The van der Waals surface area contributed by atoms with E-state index in [-0.39, 0.29) is 24.9 Å². The van der Waals surface area contributed by atoms with Crippen molar-refractivity contribution in [1.29, 1.82) is 0 Å². The molecule has 0 fully saturated rings. The number of methoxy groups -OCH3 is 1. The van der Waals surface area contributed by atoms with Crippen LogP contribution in [0.2, 0.25) is 0 Å². The van der Waals surface area contributed by atoms with Crippen LogP contribution in [-0.2, 0) is 9.59 Å². The number of imidazole rings is 1. The van der Waals surface area contributed by atoms with E-state index in [4.69, 9.17) is 15.2 Å². The van der Waals surface area contributed by atoms with E-state index in [1.165, 1.54) is 7.11 Å². The molecule has 0 aliphatic carbocycles. The highest BCUT2D eigenvalue weighted by molar-refractivity contribution is 5.94. The van der Waals surface area contributed by atoms with Gasteiger partial charge < -0.3 is 20.5 Å². The molecule has 29 heavy (non-hydrogen) atoms. The summed E-state index contributed by atoms with van der Waals surface area (Å²) in [4.78, 5) is 32.2. The van der Waals surface area contributed by atoms with Gasteiger partial charge in [-0.05, 0) is 29.8 Å². The zero-order valence-corrected chi connectivity index (χ0v) is 15.7. The number of anilines is 1. The van der Waals surface area contributed by atoms with E-state index in [0.29, 0.717) is 17.3 Å². The first-order chi connectivity index (χ1) is 14.1. The summed E-state index contributed by atoms with van der Waals surface area (Å²) in [6.07, 6.45) is 5.27. The van der Waals surface area contributed by atoms with Gasteiger partial charge in [0.1, 0.15) is 12.1 Å². The van der Waals surface area contributed by atoms with Crippen LogP contribution in [0.4, 0.5) is 5.82 Å². The fourth-order valence-electron chi connectivity index (χ4n) is 3.35. The zero-order valence-electron chi connectivity index (χ0n) is 15.7. The van der Waals surface area contributed by atoms with Gasteiger partial charge >= 0.3 is 0 Å². The molecule has 0 saturated carbocycles. The van der Waals surface area contributed by atoms with Crippen LogP contribution in [0.1, 0.15) is 23.6 Å². The molecule has 3 N–H and O–H groups in total. The molecule has 9 nitrogen and oxygen atoms in total. The normalized spacial score (nSPS) is 15.3. The van der Waals surface area contributed by atoms with Crippen molar-refractivity contribution in [2.45, 2.75) is 12.3 Å². The smallest absolute Gasteiger partial charge is 0.255 e. The van der Waals surface area contributed by atoms with Crippen LogP contribution >= 0.6 is 0 Å². The summed E-state index contributed by atoms with van der Waals surface area (Å²) < 4.78 is 12.6. The number of hydrogen-bond donors (Lipinski definition) is 2. The van der Waals surface area contributed by atoms with E-state index in [1.807, 2.05) is 18.2 Å². The fraction of sp³-hybridized carbons (Fsp3) is 0.200. The van der Waals surface area contributed by atoms with Crippen LogP contribution in [0.3, 0.4) is 0 Å². The molecule has 3 aromatic rings. The van der Waals surface area contributed by atoms with Gasteiger partial charge in [0.25, 0.3) is 5.91 Å². The van der Waals surface area contributed by atoms with E-state index in [2.05, 4.69) is 15.3 Å². The minimum absolute atomic E-state index is 0.122. The standard InChI is InChI=1S/C20H19N5O4/c1-28-15-5-4-12(7-16(15)29-10-17(21)26)14-8-18(27)24-20-19(14)23-11-25(20)13-3-2-6-22-9-13/h2-7,9,11,14H,8,10H2,1H3,(H2,21,26)(H,24,27). The van der Waals surface area contributed by atoms with Crippen molar-refractivity contribution in [3.8, 4) is 17.2 Å². The number of amides is 2. The van der Waals surface area contributed by atoms with Crippen molar-refractivity contribution in [3.63, 3.8) is 0 Å². The lowest BCUT2D eigenvalue weighted by atomic mass is 9.89. The lowest BCUT2D eigenvalue weighted by molar-refractivity contribution is -0.120. The molecule has 3 heterocycles. The average Bonchev–Trinajstić information content (AvgIpc) is 3.15. The maximum absolute atomic E-state index is 12.4. The third kappa shape index (κ3) is 3.62. The maximum Gasteiger partial charge on any atom is 0.255 e. The van der Waals surface area contributed by atoms with Crippen molar-refractivity contribution in [2.75, 3.05) is 19.0 Å². The number of carbonyl (C=O) groups is 2. The Kier molecular flexibility index (Phi) is 4.86. The van der Waals surface area contributed by atoms with Gasteiger partial charge in [-0.15, -0.1) is 0 Å². The number of nitrogens with one attached hydrogen (secondary N) is 1. The topological polar surface area (TPSA) is 121 Å². The number of nitrogens with two attached hydrogens (primary N) is 1. The van der Waals surface area contributed by atoms with Crippen LogP contribution in [0.25, 0.3) is 5.69 Å². The van der Waals surface area contributed by atoms with E-state index in [1.54, 1.807) is 35.4 Å². The van der Waals surface area contributed by atoms with E-state index >= 15 is 0 Å². The summed E-state index contributed by atoms with van der Waals surface area (Å²) in [5.74, 6) is 0.461. The Morgan fingerprint density at radius 1 is 1.34 bits per heavy atom. The molecule has 4 rings (SSSR count). The number of ether oxygens (including phenoxy) is 2. The number of rotatable bonds is 6. The molecular formula is C20H19N5O4. The Morgan fingerprint density at radius 3 is 2.93 bits per heavy atom. The van der Waals surface area contributed by atoms with E-state index < -0.39 is 5.91 Å². The van der Waals surface area contributed by atoms with Crippen LogP contribution < -0.4 is 20.5 Å². The summed E-state index contributed by atoms with van der Waals surface area (Å²) in [6.45, 7) is -0.272. The number of benzene rings is 1. The minimum atomic E-state index is -0.591. The van der Waals surface area contributed by atoms with Crippen LogP contribution in [0.15, 0.2) is 49.1 Å². The van der Waals surface area contributed by atoms with Crippen LogP contribution in [-0.4, -0.2) is 40.1 Å². The molecule has 9 heteroatoms. The lowest BCUT2D eigenvalue weighted by Gasteiger charge is -2.24. The van der Waals surface area contributed by atoms with Gasteiger partial charge in [-0.25, -0.2) is 4.98 Å². The summed E-state index contributed by atoms with van der Waals surface area (Å²) in [6, 6.07) is 9.03. The predicted molar refractivity (Wildman–Crippen MR) is 104 cm³/mol. The van der Waals surface area contributed by atoms with Crippen LogP contribution in [0.5, 0.6) is 11.5 Å².